The molecule has 2 aromatic carbocycles. The van der Waals surface area contributed by atoms with Crippen LogP contribution in [0.5, 0.6) is 0 Å². The highest BCUT2D eigenvalue weighted by molar-refractivity contribution is 5.81. The molecule has 0 saturated carbocycles. The number of nitrogens with zero attached hydrogens (tertiary/aromatic N) is 4. The normalized spacial score (nSPS) is 14.5. The third-order valence-corrected chi connectivity index (χ3v) is 6.22. The first-order valence-electron chi connectivity index (χ1n) is 11.7. The van der Waals surface area contributed by atoms with Crippen molar-refractivity contribution in [2.24, 2.45) is 0 Å². The predicted molar refractivity (Wildman–Crippen MR) is 131 cm³/mol. The first kappa shape index (κ1) is 23.3. The summed E-state index contributed by atoms with van der Waals surface area (Å²) in [5.74, 6) is -0.0532. The van der Waals surface area contributed by atoms with Gasteiger partial charge < -0.3 is 19.5 Å². The molecule has 8 nitrogen and oxygen atoms in total. The molecule has 36 heavy (non-hydrogen) atoms. The Morgan fingerprint density at radius 1 is 1.08 bits per heavy atom. The number of ether oxygens (including phenoxy) is 1. The Morgan fingerprint density at radius 2 is 1.83 bits per heavy atom. The quantitative estimate of drug-likeness (QED) is 0.426. The minimum absolute atomic E-state index is 0.228. The number of nitrogens with one attached hydrogen (secondary N) is 1. The molecule has 4 aromatic rings. The highest BCUT2D eigenvalue weighted by Crippen LogP contribution is 2.38. The number of amides is 2. The average molecular weight is 488 g/mol. The zero-order chi connectivity index (χ0) is 25.2. The highest BCUT2D eigenvalue weighted by atomic mass is 19.1. The van der Waals surface area contributed by atoms with Crippen LogP contribution in [0.3, 0.4) is 0 Å². The Labute approximate surface area is 207 Å². The second kappa shape index (κ2) is 9.69. The van der Waals surface area contributed by atoms with Gasteiger partial charge in [0, 0.05) is 11.8 Å². The molecular weight excluding hydrogens is 461 g/mol. The summed E-state index contributed by atoms with van der Waals surface area (Å²) in [7, 11) is 0. The van der Waals surface area contributed by atoms with Crippen LogP contribution in [-0.4, -0.2) is 44.4 Å². The Morgan fingerprint density at radius 3 is 2.56 bits per heavy atom. The van der Waals surface area contributed by atoms with E-state index < -0.39 is 18.0 Å². The molecule has 0 saturated heterocycles. The van der Waals surface area contributed by atoms with Gasteiger partial charge in [-0.15, -0.1) is 0 Å². The number of halogens is 1. The molecule has 3 heterocycles. The Kier molecular flexibility index (Phi) is 6.28. The van der Waals surface area contributed by atoms with Gasteiger partial charge in [-0.1, -0.05) is 30.3 Å². The minimum atomic E-state index is -0.543. The second-order valence-corrected chi connectivity index (χ2v) is 8.48. The zero-order valence-corrected chi connectivity index (χ0v) is 20.0. The zero-order valence-electron chi connectivity index (χ0n) is 20.0. The van der Waals surface area contributed by atoms with Gasteiger partial charge in [0.25, 0.3) is 0 Å². The van der Waals surface area contributed by atoms with Crippen molar-refractivity contribution in [2.75, 3.05) is 13.2 Å². The van der Waals surface area contributed by atoms with Crippen LogP contribution in [0.25, 0.3) is 11.5 Å². The summed E-state index contributed by atoms with van der Waals surface area (Å²) in [4.78, 5) is 27.1. The molecule has 2 aromatic heterocycles. The van der Waals surface area contributed by atoms with E-state index in [0.717, 1.165) is 34.0 Å². The van der Waals surface area contributed by atoms with Gasteiger partial charge in [0.2, 0.25) is 0 Å². The number of hydrogen-bond donors (Lipinski definition) is 1. The fraction of sp³-hybridized carbons (Fsp3) is 0.222. The van der Waals surface area contributed by atoms with Crippen molar-refractivity contribution in [3.63, 3.8) is 0 Å². The third-order valence-electron chi connectivity index (χ3n) is 6.22. The number of aromatic nitrogens is 3. The number of hydrogen-bond acceptors (Lipinski definition) is 4. The molecule has 0 aliphatic carbocycles. The van der Waals surface area contributed by atoms with Crippen LogP contribution in [0.2, 0.25) is 0 Å². The summed E-state index contributed by atoms with van der Waals surface area (Å²) in [6, 6.07) is 18.8. The number of aryl methyl sites for hydroxylation is 1. The number of rotatable bonds is 5. The minimum Gasteiger partial charge on any atom is -0.465 e. The van der Waals surface area contributed by atoms with E-state index in [1.165, 1.54) is 12.1 Å². The van der Waals surface area contributed by atoms with Crippen LogP contribution < -0.4 is 5.32 Å². The highest BCUT2D eigenvalue weighted by Gasteiger charge is 2.36. The molecule has 1 N–H and O–H groups in total. The summed E-state index contributed by atoms with van der Waals surface area (Å²) < 4.78 is 22.7. The molecule has 9 heteroatoms. The fourth-order valence-corrected chi connectivity index (χ4v) is 4.61. The second-order valence-electron chi connectivity index (χ2n) is 8.48. The summed E-state index contributed by atoms with van der Waals surface area (Å²) >= 11 is 0. The van der Waals surface area contributed by atoms with E-state index in [4.69, 9.17) is 9.84 Å². The number of carbonyl (C=O) groups is 2. The van der Waals surface area contributed by atoms with E-state index in [2.05, 4.69) is 5.32 Å². The van der Waals surface area contributed by atoms with Crippen molar-refractivity contribution in [2.45, 2.75) is 26.4 Å². The maximum absolute atomic E-state index is 13.8. The SMILES string of the molecule is CCOC(=O)CNC(=O)N1Cc2c(C)nn(-c3ccccc3)c2-n2cccc2[C@@H]1c1ccc(F)cc1. The average Bonchev–Trinajstić information content (AvgIpc) is 3.44. The lowest BCUT2D eigenvalue weighted by Gasteiger charge is -2.31. The Bertz CT molecular complexity index is 1390. The van der Waals surface area contributed by atoms with E-state index >= 15 is 0 Å². The Hall–Kier alpha value is -4.40. The van der Waals surface area contributed by atoms with Crippen molar-refractivity contribution >= 4 is 12.0 Å². The molecule has 0 unspecified atom stereocenters. The lowest BCUT2D eigenvalue weighted by atomic mass is 10.0. The third kappa shape index (κ3) is 4.24. The van der Waals surface area contributed by atoms with Gasteiger partial charge in [-0.25, -0.2) is 13.9 Å². The fourth-order valence-electron chi connectivity index (χ4n) is 4.61. The van der Waals surface area contributed by atoms with Crippen molar-refractivity contribution in [1.29, 1.82) is 0 Å². The van der Waals surface area contributed by atoms with E-state index in [-0.39, 0.29) is 25.5 Å². The molecule has 1 aliphatic heterocycles. The first-order chi connectivity index (χ1) is 17.5. The first-order valence-corrected chi connectivity index (χ1v) is 11.7. The van der Waals surface area contributed by atoms with Crippen LogP contribution in [0, 0.1) is 12.7 Å². The lowest BCUT2D eigenvalue weighted by Crippen LogP contribution is -2.44. The van der Waals surface area contributed by atoms with Crippen molar-refractivity contribution in [1.82, 2.24) is 24.6 Å². The van der Waals surface area contributed by atoms with Gasteiger partial charge in [-0.3, -0.25) is 4.79 Å². The van der Waals surface area contributed by atoms with Crippen LogP contribution in [0.15, 0.2) is 72.9 Å². The predicted octanol–water partition coefficient (Wildman–Crippen LogP) is 4.29. The molecule has 0 radical (unpaired) electrons. The summed E-state index contributed by atoms with van der Waals surface area (Å²) in [5.41, 5.74) is 4.08. The van der Waals surface area contributed by atoms with E-state index in [9.17, 15) is 14.0 Å². The van der Waals surface area contributed by atoms with Gasteiger partial charge in [0.15, 0.2) is 0 Å². The van der Waals surface area contributed by atoms with Gasteiger partial charge in [-0.2, -0.15) is 5.10 Å². The number of benzene rings is 2. The molecule has 1 aliphatic rings. The lowest BCUT2D eigenvalue weighted by molar-refractivity contribution is -0.141. The van der Waals surface area contributed by atoms with Crippen LogP contribution in [0.1, 0.15) is 35.5 Å². The molecule has 1 atom stereocenters. The van der Waals surface area contributed by atoms with Crippen molar-refractivity contribution in [3.05, 3.63) is 101 Å². The van der Waals surface area contributed by atoms with Crippen molar-refractivity contribution in [3.8, 4) is 11.5 Å². The van der Waals surface area contributed by atoms with Crippen LogP contribution in [0.4, 0.5) is 9.18 Å². The molecule has 184 valence electrons. The topological polar surface area (TPSA) is 81.4 Å². The standard InChI is InChI=1S/C27H26FN5O3/c1-3-36-24(34)16-29-27(35)32-17-22-18(2)30-33(21-8-5-4-6-9-21)26(22)31-15-7-10-23(31)25(32)19-11-13-20(28)14-12-19/h4-15,25H,3,16-17H2,1-2H3,(H,29,35)/t25-/m0/s1. The molecule has 0 bridgehead atoms. The number of para-hydroxylation sites is 1. The monoisotopic (exact) mass is 487 g/mol. The maximum atomic E-state index is 13.8. The molecule has 5 rings (SSSR count). The molecule has 2 amide bonds. The van der Waals surface area contributed by atoms with Gasteiger partial charge in [0.1, 0.15) is 18.2 Å². The number of fused-ring (bicyclic) bond motifs is 3. The van der Waals surface area contributed by atoms with E-state index in [1.807, 2.05) is 64.8 Å². The van der Waals surface area contributed by atoms with Crippen LogP contribution >= 0.6 is 0 Å². The summed E-state index contributed by atoms with van der Waals surface area (Å²) in [6.07, 6.45) is 1.94. The number of esters is 1. The molecule has 0 fully saturated rings. The molecule has 0 spiro atoms. The smallest absolute Gasteiger partial charge is 0.325 e. The molecular formula is C27H26FN5O3. The van der Waals surface area contributed by atoms with E-state index in [1.54, 1.807) is 24.0 Å². The van der Waals surface area contributed by atoms with Gasteiger partial charge >= 0.3 is 12.0 Å². The van der Waals surface area contributed by atoms with E-state index in [0.29, 0.717) is 0 Å². The van der Waals surface area contributed by atoms with Gasteiger partial charge in [-0.05, 0) is 55.8 Å². The summed E-state index contributed by atoms with van der Waals surface area (Å²) in [5, 5.41) is 7.49. The van der Waals surface area contributed by atoms with Crippen molar-refractivity contribution < 1.29 is 18.7 Å². The Balaban J connectivity index is 1.65. The summed E-state index contributed by atoms with van der Waals surface area (Å²) in [6.45, 7) is 3.82. The van der Waals surface area contributed by atoms with Crippen LogP contribution in [-0.2, 0) is 16.1 Å². The largest absolute Gasteiger partial charge is 0.465 e. The number of urea groups is 1. The number of carbonyl (C=O) groups excluding carboxylic acids is 2. The van der Waals surface area contributed by atoms with Gasteiger partial charge in [0.05, 0.1) is 36.3 Å². The maximum Gasteiger partial charge on any atom is 0.325 e.